The van der Waals surface area contributed by atoms with Crippen LogP contribution in [0.1, 0.15) is 50.5 Å². The van der Waals surface area contributed by atoms with Gasteiger partial charge in [0.2, 0.25) is 5.91 Å². The highest BCUT2D eigenvalue weighted by Crippen LogP contribution is 2.43. The fraction of sp³-hybridized carbons (Fsp3) is 0.520. The molecule has 3 aliphatic carbocycles. The van der Waals surface area contributed by atoms with Gasteiger partial charge in [0.15, 0.2) is 0 Å². The summed E-state index contributed by atoms with van der Waals surface area (Å²) in [4.78, 5) is 20.0. The van der Waals surface area contributed by atoms with Crippen molar-refractivity contribution in [2.45, 2.75) is 63.6 Å². The minimum absolute atomic E-state index is 0. The number of nitrogens with two attached hydrogens (primary N) is 1. The van der Waals surface area contributed by atoms with Crippen LogP contribution >= 0.6 is 12.4 Å². The first-order chi connectivity index (χ1) is 14.2. The lowest BCUT2D eigenvalue weighted by Gasteiger charge is -2.44. The number of aromatic nitrogens is 1. The van der Waals surface area contributed by atoms with Crippen LogP contribution in [0.15, 0.2) is 48.8 Å². The van der Waals surface area contributed by atoms with E-state index in [2.05, 4.69) is 40.2 Å². The van der Waals surface area contributed by atoms with E-state index in [9.17, 15) is 4.79 Å². The first-order valence-electron chi connectivity index (χ1n) is 11.2. The third-order valence-corrected chi connectivity index (χ3v) is 7.31. The molecule has 3 fully saturated rings. The monoisotopic (exact) mass is 425 g/mol. The van der Waals surface area contributed by atoms with Crippen molar-refractivity contribution in [3.8, 4) is 11.1 Å². The summed E-state index contributed by atoms with van der Waals surface area (Å²) in [5.74, 6) is 1.65. The molecule has 30 heavy (non-hydrogen) atoms. The lowest BCUT2D eigenvalue weighted by molar-refractivity contribution is -0.140. The SMILES string of the molecule is Cl.NC1C2CCCC1CC(C(=O)N(Cc1cccc(-c3cccnc3)c1)C1CC1)C2. The van der Waals surface area contributed by atoms with Crippen molar-refractivity contribution in [1.29, 1.82) is 0 Å². The number of amides is 1. The smallest absolute Gasteiger partial charge is 0.226 e. The minimum Gasteiger partial charge on any atom is -0.335 e. The van der Waals surface area contributed by atoms with E-state index in [0.29, 0.717) is 29.8 Å². The van der Waals surface area contributed by atoms with Gasteiger partial charge in [-0.1, -0.05) is 30.7 Å². The largest absolute Gasteiger partial charge is 0.335 e. The van der Waals surface area contributed by atoms with E-state index in [1.807, 2.05) is 12.3 Å². The van der Waals surface area contributed by atoms with Gasteiger partial charge in [-0.15, -0.1) is 12.4 Å². The molecule has 5 heteroatoms. The van der Waals surface area contributed by atoms with E-state index in [-0.39, 0.29) is 18.3 Å². The van der Waals surface area contributed by atoms with Gasteiger partial charge in [-0.25, -0.2) is 0 Å². The first-order valence-corrected chi connectivity index (χ1v) is 11.2. The van der Waals surface area contributed by atoms with Crippen molar-refractivity contribution < 1.29 is 4.79 Å². The topological polar surface area (TPSA) is 59.2 Å². The number of halogens is 1. The van der Waals surface area contributed by atoms with Gasteiger partial charge in [0, 0.05) is 36.9 Å². The Bertz CT molecular complexity index is 856. The second-order valence-corrected chi connectivity index (χ2v) is 9.34. The Hall–Kier alpha value is -1.91. The van der Waals surface area contributed by atoms with Crippen molar-refractivity contribution in [2.75, 3.05) is 0 Å². The number of benzene rings is 1. The van der Waals surface area contributed by atoms with Gasteiger partial charge in [0.25, 0.3) is 0 Å². The van der Waals surface area contributed by atoms with Crippen LogP contribution in [0, 0.1) is 17.8 Å². The highest BCUT2D eigenvalue weighted by molar-refractivity contribution is 5.85. The van der Waals surface area contributed by atoms with Crippen LogP contribution in [-0.2, 0) is 11.3 Å². The van der Waals surface area contributed by atoms with Gasteiger partial charge < -0.3 is 10.6 Å². The molecule has 1 heterocycles. The summed E-state index contributed by atoms with van der Waals surface area (Å²) in [6.45, 7) is 0.718. The van der Waals surface area contributed by atoms with E-state index < -0.39 is 0 Å². The Balaban J connectivity index is 0.00000218. The average Bonchev–Trinajstić information content (AvgIpc) is 3.57. The molecule has 2 atom stereocenters. The van der Waals surface area contributed by atoms with Crippen molar-refractivity contribution >= 4 is 18.3 Å². The summed E-state index contributed by atoms with van der Waals surface area (Å²) < 4.78 is 0. The molecular formula is C25H32ClN3O. The predicted molar refractivity (Wildman–Crippen MR) is 122 cm³/mol. The standard InChI is InChI=1S/C25H31N3O.ClH/c26-24-19-6-2-7-20(24)14-22(13-19)25(29)28(23-9-10-23)16-17-4-1-5-18(12-17)21-8-3-11-27-15-21;/h1,3-5,8,11-12,15,19-20,22-24H,2,6-7,9-10,13-14,16,26H2;1H. The summed E-state index contributed by atoms with van der Waals surface area (Å²) in [7, 11) is 0. The molecule has 2 bridgehead atoms. The molecular weight excluding hydrogens is 394 g/mol. The molecule has 1 aromatic carbocycles. The fourth-order valence-electron chi connectivity index (χ4n) is 5.58. The molecule has 0 aliphatic heterocycles. The zero-order valence-corrected chi connectivity index (χ0v) is 18.3. The number of pyridine rings is 1. The predicted octanol–water partition coefficient (Wildman–Crippen LogP) is 4.82. The highest BCUT2D eigenvalue weighted by atomic mass is 35.5. The van der Waals surface area contributed by atoms with Crippen LogP contribution < -0.4 is 5.73 Å². The van der Waals surface area contributed by atoms with Crippen LogP contribution in [0.25, 0.3) is 11.1 Å². The van der Waals surface area contributed by atoms with Gasteiger partial charge in [0.05, 0.1) is 0 Å². The number of fused-ring (bicyclic) bond motifs is 2. The summed E-state index contributed by atoms with van der Waals surface area (Å²) in [5, 5.41) is 0. The number of carbonyl (C=O) groups is 1. The van der Waals surface area contributed by atoms with Crippen LogP contribution in [0.5, 0.6) is 0 Å². The van der Waals surface area contributed by atoms with Gasteiger partial charge >= 0.3 is 0 Å². The third-order valence-electron chi connectivity index (χ3n) is 7.31. The molecule has 1 aromatic heterocycles. The Morgan fingerprint density at radius 1 is 1.03 bits per heavy atom. The summed E-state index contributed by atoms with van der Waals surface area (Å²) >= 11 is 0. The third kappa shape index (κ3) is 4.40. The van der Waals surface area contributed by atoms with E-state index in [1.54, 1.807) is 6.20 Å². The van der Waals surface area contributed by atoms with Gasteiger partial charge in [-0.3, -0.25) is 9.78 Å². The van der Waals surface area contributed by atoms with E-state index in [1.165, 1.54) is 24.8 Å². The summed E-state index contributed by atoms with van der Waals surface area (Å²) in [6, 6.07) is 13.4. The maximum Gasteiger partial charge on any atom is 0.226 e. The summed E-state index contributed by atoms with van der Waals surface area (Å²) in [6.07, 6.45) is 11.7. The number of nitrogens with zero attached hydrogens (tertiary/aromatic N) is 2. The number of carbonyl (C=O) groups excluding carboxylic acids is 1. The molecule has 4 nitrogen and oxygen atoms in total. The van der Waals surface area contributed by atoms with Crippen molar-refractivity contribution in [1.82, 2.24) is 9.88 Å². The molecule has 2 unspecified atom stereocenters. The lowest BCUT2D eigenvalue weighted by atomic mass is 9.65. The van der Waals surface area contributed by atoms with Crippen molar-refractivity contribution in [3.63, 3.8) is 0 Å². The van der Waals surface area contributed by atoms with Crippen molar-refractivity contribution in [3.05, 3.63) is 54.4 Å². The van der Waals surface area contributed by atoms with Gasteiger partial charge in [0.1, 0.15) is 0 Å². The molecule has 160 valence electrons. The maximum atomic E-state index is 13.6. The molecule has 2 N–H and O–H groups in total. The van der Waals surface area contributed by atoms with Crippen LogP contribution in [0.4, 0.5) is 0 Å². The van der Waals surface area contributed by atoms with Crippen LogP contribution in [0.2, 0.25) is 0 Å². The normalized spacial score (nSPS) is 27.8. The molecule has 5 rings (SSSR count). The Kier molecular flexibility index (Phi) is 6.45. The maximum absolute atomic E-state index is 13.6. The molecule has 0 saturated heterocycles. The molecule has 3 saturated carbocycles. The van der Waals surface area contributed by atoms with Crippen LogP contribution in [0.3, 0.4) is 0 Å². The number of hydrogen-bond donors (Lipinski definition) is 1. The second-order valence-electron chi connectivity index (χ2n) is 9.34. The highest BCUT2D eigenvalue weighted by Gasteiger charge is 2.43. The van der Waals surface area contributed by atoms with Crippen molar-refractivity contribution in [2.24, 2.45) is 23.5 Å². The quantitative estimate of drug-likeness (QED) is 0.747. The molecule has 0 spiro atoms. The minimum atomic E-state index is 0. The van der Waals surface area contributed by atoms with Gasteiger partial charge in [-0.2, -0.15) is 0 Å². The van der Waals surface area contributed by atoms with E-state index in [0.717, 1.165) is 43.4 Å². The zero-order valence-electron chi connectivity index (χ0n) is 17.5. The molecule has 1 amide bonds. The molecule has 0 radical (unpaired) electrons. The summed E-state index contributed by atoms with van der Waals surface area (Å²) in [5.41, 5.74) is 9.95. The second kappa shape index (κ2) is 9.07. The average molecular weight is 426 g/mol. The molecule has 2 aromatic rings. The molecule has 3 aliphatic rings. The lowest BCUT2D eigenvalue weighted by Crippen LogP contribution is -2.50. The Morgan fingerprint density at radius 2 is 1.77 bits per heavy atom. The number of hydrogen-bond acceptors (Lipinski definition) is 3. The first kappa shape index (κ1) is 21.3. The van der Waals surface area contributed by atoms with Crippen LogP contribution in [-0.4, -0.2) is 27.9 Å². The Morgan fingerprint density at radius 3 is 2.43 bits per heavy atom. The zero-order chi connectivity index (χ0) is 19.8. The van der Waals surface area contributed by atoms with E-state index >= 15 is 0 Å². The van der Waals surface area contributed by atoms with Gasteiger partial charge in [-0.05, 0) is 79.2 Å². The number of rotatable bonds is 5. The van der Waals surface area contributed by atoms with E-state index in [4.69, 9.17) is 5.73 Å². The fourth-order valence-corrected chi connectivity index (χ4v) is 5.58. The Labute approximate surface area is 185 Å².